The molecule has 1 aliphatic rings. The number of nitrogens with one attached hydrogen (secondary N) is 1. The van der Waals surface area contributed by atoms with Gasteiger partial charge in [0.2, 0.25) is 0 Å². The van der Waals surface area contributed by atoms with Gasteiger partial charge < -0.3 is 4.74 Å². The summed E-state index contributed by atoms with van der Waals surface area (Å²) in [6.45, 7) is 5.35. The highest BCUT2D eigenvalue weighted by molar-refractivity contribution is 7.99. The average Bonchev–Trinajstić information content (AvgIpc) is 2.20. The zero-order valence-electron chi connectivity index (χ0n) is 9.16. The minimum absolute atomic E-state index is 0.303. The molecule has 0 aliphatic carbocycles. The smallest absolute Gasteiger partial charge is 0.0832 e. The lowest BCUT2D eigenvalue weighted by Gasteiger charge is -2.30. The molecule has 0 spiro atoms. The van der Waals surface area contributed by atoms with Crippen LogP contribution in [0.15, 0.2) is 0 Å². The van der Waals surface area contributed by atoms with Crippen LogP contribution in [0.25, 0.3) is 0 Å². The van der Waals surface area contributed by atoms with Crippen LogP contribution >= 0.6 is 11.8 Å². The van der Waals surface area contributed by atoms with Crippen molar-refractivity contribution in [1.82, 2.24) is 5.43 Å². The van der Waals surface area contributed by atoms with Gasteiger partial charge in [-0.05, 0) is 18.8 Å². The monoisotopic (exact) mass is 218 g/mol. The Labute approximate surface area is 91.1 Å². The average molecular weight is 218 g/mol. The zero-order valence-corrected chi connectivity index (χ0v) is 9.98. The molecule has 0 aromatic heterocycles. The van der Waals surface area contributed by atoms with E-state index in [0.717, 1.165) is 30.5 Å². The highest BCUT2D eigenvalue weighted by Crippen LogP contribution is 2.18. The lowest BCUT2D eigenvalue weighted by molar-refractivity contribution is 0.0434. The molecule has 1 rings (SSSR count). The molecule has 3 nitrogen and oxygen atoms in total. The Kier molecular flexibility index (Phi) is 5.86. The van der Waals surface area contributed by atoms with Crippen LogP contribution in [-0.2, 0) is 4.74 Å². The predicted octanol–water partition coefficient (Wildman–Crippen LogP) is 1.39. The summed E-state index contributed by atoms with van der Waals surface area (Å²) in [6, 6.07) is 0.324. The van der Waals surface area contributed by atoms with Crippen LogP contribution in [0, 0.1) is 5.92 Å². The zero-order chi connectivity index (χ0) is 10.4. The minimum atomic E-state index is 0.303. The van der Waals surface area contributed by atoms with Crippen LogP contribution in [0.4, 0.5) is 0 Å². The van der Waals surface area contributed by atoms with Gasteiger partial charge in [-0.2, -0.15) is 11.8 Å². The SMILES string of the molecule is CC(C)CCC(NN)C1CSCCO1. The van der Waals surface area contributed by atoms with Crippen LogP contribution < -0.4 is 11.3 Å². The molecule has 84 valence electrons. The highest BCUT2D eigenvalue weighted by Gasteiger charge is 2.23. The van der Waals surface area contributed by atoms with E-state index in [9.17, 15) is 0 Å². The lowest BCUT2D eigenvalue weighted by atomic mass is 10.0. The van der Waals surface area contributed by atoms with Crippen molar-refractivity contribution < 1.29 is 4.74 Å². The van der Waals surface area contributed by atoms with Gasteiger partial charge in [-0.25, -0.2) is 0 Å². The van der Waals surface area contributed by atoms with E-state index in [1.807, 2.05) is 11.8 Å². The molecule has 0 bridgehead atoms. The second-order valence-corrected chi connectivity index (χ2v) is 5.38. The Bertz CT molecular complexity index is 149. The topological polar surface area (TPSA) is 47.3 Å². The third kappa shape index (κ3) is 4.17. The van der Waals surface area contributed by atoms with E-state index in [4.69, 9.17) is 10.6 Å². The van der Waals surface area contributed by atoms with E-state index in [1.165, 1.54) is 6.42 Å². The molecule has 3 N–H and O–H groups in total. The van der Waals surface area contributed by atoms with Gasteiger partial charge in [-0.15, -0.1) is 0 Å². The largest absolute Gasteiger partial charge is 0.375 e. The Morgan fingerprint density at radius 3 is 2.79 bits per heavy atom. The van der Waals surface area contributed by atoms with Gasteiger partial charge in [0, 0.05) is 17.5 Å². The second kappa shape index (κ2) is 6.67. The van der Waals surface area contributed by atoms with Gasteiger partial charge in [0.15, 0.2) is 0 Å². The van der Waals surface area contributed by atoms with Gasteiger partial charge in [-0.3, -0.25) is 11.3 Å². The molecular formula is C10H22N2OS. The van der Waals surface area contributed by atoms with Crippen molar-refractivity contribution >= 4 is 11.8 Å². The molecule has 2 unspecified atom stereocenters. The third-order valence-electron chi connectivity index (χ3n) is 2.56. The standard InChI is InChI=1S/C10H22N2OS/c1-8(2)3-4-9(12-11)10-7-14-6-5-13-10/h8-10,12H,3-7,11H2,1-2H3. The van der Waals surface area contributed by atoms with Crippen LogP contribution in [0.2, 0.25) is 0 Å². The fourth-order valence-corrected chi connectivity index (χ4v) is 2.57. The number of hydrazine groups is 1. The molecule has 1 saturated heterocycles. The summed E-state index contributed by atoms with van der Waals surface area (Å²) < 4.78 is 5.70. The Morgan fingerprint density at radius 1 is 1.50 bits per heavy atom. The molecule has 4 heteroatoms. The van der Waals surface area contributed by atoms with Crippen LogP contribution in [-0.4, -0.2) is 30.3 Å². The van der Waals surface area contributed by atoms with Gasteiger partial charge in [0.25, 0.3) is 0 Å². The van der Waals surface area contributed by atoms with Crippen molar-refractivity contribution in [2.75, 3.05) is 18.1 Å². The number of hydrogen-bond acceptors (Lipinski definition) is 4. The molecule has 14 heavy (non-hydrogen) atoms. The van der Waals surface area contributed by atoms with Crippen molar-refractivity contribution in [2.45, 2.75) is 38.8 Å². The number of ether oxygens (including phenoxy) is 1. The van der Waals surface area contributed by atoms with Gasteiger partial charge >= 0.3 is 0 Å². The fourth-order valence-electron chi connectivity index (χ4n) is 1.63. The molecule has 0 saturated carbocycles. The van der Waals surface area contributed by atoms with E-state index in [1.54, 1.807) is 0 Å². The van der Waals surface area contributed by atoms with E-state index in [0.29, 0.717) is 12.1 Å². The number of thioether (sulfide) groups is 1. The maximum absolute atomic E-state index is 5.70. The molecule has 0 radical (unpaired) electrons. The van der Waals surface area contributed by atoms with Crippen LogP contribution in [0.3, 0.4) is 0 Å². The quantitative estimate of drug-likeness (QED) is 0.541. The minimum Gasteiger partial charge on any atom is -0.375 e. The summed E-state index contributed by atoms with van der Waals surface area (Å²) in [5, 5.41) is 0. The fraction of sp³-hybridized carbons (Fsp3) is 1.00. The molecule has 1 heterocycles. The third-order valence-corrected chi connectivity index (χ3v) is 3.58. The summed E-state index contributed by atoms with van der Waals surface area (Å²) in [6.07, 6.45) is 2.62. The van der Waals surface area contributed by atoms with Crippen molar-refractivity contribution in [1.29, 1.82) is 0 Å². The summed E-state index contributed by atoms with van der Waals surface area (Å²) in [7, 11) is 0. The Balaban J connectivity index is 2.28. The number of rotatable bonds is 5. The highest BCUT2D eigenvalue weighted by atomic mass is 32.2. The normalized spacial score (nSPS) is 25.3. The molecule has 0 amide bonds. The van der Waals surface area contributed by atoms with Crippen molar-refractivity contribution in [3.8, 4) is 0 Å². The lowest BCUT2D eigenvalue weighted by Crippen LogP contribution is -2.48. The molecular weight excluding hydrogens is 196 g/mol. The summed E-state index contributed by atoms with van der Waals surface area (Å²) in [5.41, 5.74) is 2.89. The Morgan fingerprint density at radius 2 is 2.29 bits per heavy atom. The van der Waals surface area contributed by atoms with Crippen molar-refractivity contribution in [2.24, 2.45) is 11.8 Å². The van der Waals surface area contributed by atoms with E-state index >= 15 is 0 Å². The second-order valence-electron chi connectivity index (χ2n) is 4.23. The first-order valence-electron chi connectivity index (χ1n) is 5.39. The van der Waals surface area contributed by atoms with E-state index < -0.39 is 0 Å². The van der Waals surface area contributed by atoms with Crippen LogP contribution in [0.1, 0.15) is 26.7 Å². The molecule has 2 atom stereocenters. The van der Waals surface area contributed by atoms with Crippen LogP contribution in [0.5, 0.6) is 0 Å². The molecule has 1 aliphatic heterocycles. The van der Waals surface area contributed by atoms with E-state index in [2.05, 4.69) is 19.3 Å². The predicted molar refractivity (Wildman–Crippen MR) is 62.2 cm³/mol. The first kappa shape index (κ1) is 12.3. The maximum atomic E-state index is 5.70. The first-order chi connectivity index (χ1) is 6.74. The number of nitrogens with two attached hydrogens (primary N) is 1. The number of hydrogen-bond donors (Lipinski definition) is 2. The van der Waals surface area contributed by atoms with Gasteiger partial charge in [0.05, 0.1) is 12.7 Å². The van der Waals surface area contributed by atoms with Gasteiger partial charge in [-0.1, -0.05) is 13.8 Å². The van der Waals surface area contributed by atoms with Crippen molar-refractivity contribution in [3.63, 3.8) is 0 Å². The van der Waals surface area contributed by atoms with Crippen molar-refractivity contribution in [3.05, 3.63) is 0 Å². The molecule has 0 aromatic rings. The summed E-state index contributed by atoms with van der Waals surface area (Å²) >= 11 is 1.96. The maximum Gasteiger partial charge on any atom is 0.0832 e. The molecule has 1 fully saturated rings. The van der Waals surface area contributed by atoms with E-state index in [-0.39, 0.29) is 0 Å². The Hall–Kier alpha value is 0.230. The first-order valence-corrected chi connectivity index (χ1v) is 6.55. The summed E-state index contributed by atoms with van der Waals surface area (Å²) in [4.78, 5) is 0. The van der Waals surface area contributed by atoms with Gasteiger partial charge in [0.1, 0.15) is 0 Å². The summed E-state index contributed by atoms with van der Waals surface area (Å²) in [5.74, 6) is 8.49. The molecule has 0 aromatic carbocycles.